The van der Waals surface area contributed by atoms with Gasteiger partial charge in [0, 0.05) is 13.1 Å². The van der Waals surface area contributed by atoms with E-state index in [1.54, 1.807) is 19.1 Å². The average molecular weight is 277 g/mol. The molecular weight excluding hydrogens is 257 g/mol. The van der Waals surface area contributed by atoms with Gasteiger partial charge in [0.2, 0.25) is 0 Å². The van der Waals surface area contributed by atoms with E-state index >= 15 is 0 Å². The van der Waals surface area contributed by atoms with Crippen LogP contribution >= 0.6 is 0 Å². The predicted molar refractivity (Wildman–Crippen MR) is 75.9 cm³/mol. The molecule has 0 spiro atoms. The smallest absolute Gasteiger partial charge is 0.136 e. The molecular formula is C16H20FNO2. The van der Waals surface area contributed by atoms with Crippen LogP contribution in [0.15, 0.2) is 34.7 Å². The van der Waals surface area contributed by atoms with Crippen LogP contribution in [0.5, 0.6) is 0 Å². The zero-order valence-electron chi connectivity index (χ0n) is 12.0. The lowest BCUT2D eigenvalue weighted by atomic mass is 10.0. The molecule has 3 nitrogen and oxygen atoms in total. The van der Waals surface area contributed by atoms with E-state index in [1.807, 2.05) is 19.9 Å². The number of rotatable bonds is 5. The quantitative estimate of drug-likeness (QED) is 0.883. The fraction of sp³-hybridized carbons (Fsp3) is 0.375. The Bertz CT molecular complexity index is 590. The van der Waals surface area contributed by atoms with Crippen molar-refractivity contribution in [2.75, 3.05) is 6.54 Å². The Morgan fingerprint density at radius 2 is 2.00 bits per heavy atom. The van der Waals surface area contributed by atoms with Gasteiger partial charge in [-0.25, -0.2) is 4.39 Å². The molecule has 1 aromatic heterocycles. The van der Waals surface area contributed by atoms with E-state index in [2.05, 4.69) is 5.32 Å². The molecule has 0 saturated heterocycles. The molecule has 1 aromatic carbocycles. The fourth-order valence-electron chi connectivity index (χ4n) is 2.11. The summed E-state index contributed by atoms with van der Waals surface area (Å²) in [6.07, 6.45) is 0. The van der Waals surface area contributed by atoms with Crippen molar-refractivity contribution in [3.8, 4) is 0 Å². The van der Waals surface area contributed by atoms with Crippen LogP contribution in [0.4, 0.5) is 4.39 Å². The van der Waals surface area contributed by atoms with Crippen LogP contribution in [0.25, 0.3) is 0 Å². The van der Waals surface area contributed by atoms with Gasteiger partial charge in [-0.3, -0.25) is 0 Å². The Labute approximate surface area is 118 Å². The zero-order valence-corrected chi connectivity index (χ0v) is 12.0. The number of aryl methyl sites for hydroxylation is 2. The molecule has 0 aliphatic heterocycles. The van der Waals surface area contributed by atoms with Crippen LogP contribution in [-0.4, -0.2) is 11.7 Å². The summed E-state index contributed by atoms with van der Waals surface area (Å²) >= 11 is 0. The fourth-order valence-corrected chi connectivity index (χ4v) is 2.11. The maximum Gasteiger partial charge on any atom is 0.136 e. The minimum absolute atomic E-state index is 0.232. The highest BCUT2D eigenvalue weighted by atomic mass is 19.1. The van der Waals surface area contributed by atoms with E-state index in [0.29, 0.717) is 18.8 Å². The van der Waals surface area contributed by atoms with Crippen molar-refractivity contribution in [1.29, 1.82) is 0 Å². The predicted octanol–water partition coefficient (Wildman–Crippen LogP) is 3.03. The lowest BCUT2D eigenvalue weighted by Crippen LogP contribution is -2.34. The van der Waals surface area contributed by atoms with Crippen molar-refractivity contribution < 1.29 is 13.9 Å². The molecule has 1 unspecified atom stereocenters. The second-order valence-corrected chi connectivity index (χ2v) is 5.36. The Hall–Kier alpha value is -1.65. The molecule has 0 aliphatic carbocycles. The van der Waals surface area contributed by atoms with Gasteiger partial charge in [-0.15, -0.1) is 0 Å². The van der Waals surface area contributed by atoms with Gasteiger partial charge in [0.25, 0.3) is 0 Å². The van der Waals surface area contributed by atoms with Crippen molar-refractivity contribution in [3.63, 3.8) is 0 Å². The molecule has 2 rings (SSSR count). The maximum atomic E-state index is 13.0. The zero-order chi connectivity index (χ0) is 14.8. The number of halogens is 1. The highest BCUT2D eigenvalue weighted by molar-refractivity contribution is 5.26. The number of hydrogen-bond acceptors (Lipinski definition) is 3. The first-order chi connectivity index (χ1) is 9.38. The summed E-state index contributed by atoms with van der Waals surface area (Å²) in [6, 6.07) is 8.31. The lowest BCUT2D eigenvalue weighted by Gasteiger charge is -2.21. The normalized spacial score (nSPS) is 14.2. The topological polar surface area (TPSA) is 45.4 Å². The second kappa shape index (κ2) is 5.77. The molecule has 0 radical (unpaired) electrons. The molecule has 2 N–H and O–H groups in total. The first kappa shape index (κ1) is 14.8. The number of hydrogen-bond donors (Lipinski definition) is 2. The van der Waals surface area contributed by atoms with E-state index in [-0.39, 0.29) is 5.82 Å². The first-order valence-corrected chi connectivity index (χ1v) is 6.63. The van der Waals surface area contributed by atoms with Gasteiger partial charge in [0.1, 0.15) is 22.9 Å². The molecule has 0 aliphatic rings. The van der Waals surface area contributed by atoms with Gasteiger partial charge in [-0.05, 0) is 56.2 Å². The van der Waals surface area contributed by atoms with E-state index < -0.39 is 5.60 Å². The number of nitrogens with one attached hydrogen (secondary N) is 1. The summed E-state index contributed by atoms with van der Waals surface area (Å²) in [6.45, 7) is 6.34. The van der Waals surface area contributed by atoms with Crippen LogP contribution in [0, 0.1) is 19.7 Å². The number of furan rings is 1. The van der Waals surface area contributed by atoms with Crippen LogP contribution in [0.3, 0.4) is 0 Å². The van der Waals surface area contributed by atoms with Crippen LogP contribution in [0.2, 0.25) is 0 Å². The van der Waals surface area contributed by atoms with Crippen molar-refractivity contribution in [2.24, 2.45) is 0 Å². The van der Waals surface area contributed by atoms with Crippen molar-refractivity contribution in [1.82, 2.24) is 5.32 Å². The van der Waals surface area contributed by atoms with E-state index in [0.717, 1.165) is 16.9 Å². The summed E-state index contributed by atoms with van der Waals surface area (Å²) in [5, 5.41) is 13.6. The summed E-state index contributed by atoms with van der Waals surface area (Å²) in [5.74, 6) is 1.08. The Kier molecular flexibility index (Phi) is 4.26. The van der Waals surface area contributed by atoms with Crippen molar-refractivity contribution in [3.05, 3.63) is 58.8 Å². The summed E-state index contributed by atoms with van der Waals surface area (Å²) in [7, 11) is 0. The third kappa shape index (κ3) is 3.46. The standard InChI is InChI=1S/C16H20FNO2/c1-11-8-14(17)6-5-13(11)9-18-10-16(3,19)15-7-4-12(2)20-15/h4-8,18-19H,9-10H2,1-3H3. The largest absolute Gasteiger partial charge is 0.463 e. The van der Waals surface area contributed by atoms with Gasteiger partial charge in [0.15, 0.2) is 0 Å². The molecule has 0 fully saturated rings. The maximum absolute atomic E-state index is 13.0. The summed E-state index contributed by atoms with van der Waals surface area (Å²) in [4.78, 5) is 0. The number of aliphatic hydroxyl groups is 1. The number of benzene rings is 1. The lowest BCUT2D eigenvalue weighted by molar-refractivity contribution is 0.0332. The monoisotopic (exact) mass is 277 g/mol. The van der Waals surface area contributed by atoms with Gasteiger partial charge in [-0.1, -0.05) is 6.07 Å². The minimum atomic E-state index is -1.07. The Balaban J connectivity index is 1.95. The molecule has 0 amide bonds. The molecule has 1 heterocycles. The third-order valence-electron chi connectivity index (χ3n) is 3.36. The highest BCUT2D eigenvalue weighted by Gasteiger charge is 2.26. The van der Waals surface area contributed by atoms with E-state index in [1.165, 1.54) is 12.1 Å². The molecule has 4 heteroatoms. The molecule has 2 aromatic rings. The Morgan fingerprint density at radius 3 is 2.60 bits per heavy atom. The Morgan fingerprint density at radius 1 is 1.25 bits per heavy atom. The van der Waals surface area contributed by atoms with Gasteiger partial charge >= 0.3 is 0 Å². The van der Waals surface area contributed by atoms with Gasteiger partial charge in [0.05, 0.1) is 0 Å². The van der Waals surface area contributed by atoms with Crippen molar-refractivity contribution in [2.45, 2.75) is 32.9 Å². The second-order valence-electron chi connectivity index (χ2n) is 5.36. The van der Waals surface area contributed by atoms with Crippen LogP contribution in [0.1, 0.15) is 29.6 Å². The van der Waals surface area contributed by atoms with E-state index in [4.69, 9.17) is 4.42 Å². The van der Waals surface area contributed by atoms with Crippen LogP contribution < -0.4 is 5.32 Å². The highest BCUT2D eigenvalue weighted by Crippen LogP contribution is 2.22. The van der Waals surface area contributed by atoms with Gasteiger partial charge < -0.3 is 14.8 Å². The van der Waals surface area contributed by atoms with Crippen LogP contribution in [-0.2, 0) is 12.1 Å². The molecule has 1 atom stereocenters. The van der Waals surface area contributed by atoms with E-state index in [9.17, 15) is 9.50 Å². The molecule has 0 bridgehead atoms. The SMILES string of the molecule is Cc1ccc(C(C)(O)CNCc2ccc(F)cc2C)o1. The summed E-state index contributed by atoms with van der Waals surface area (Å²) < 4.78 is 18.5. The first-order valence-electron chi connectivity index (χ1n) is 6.63. The third-order valence-corrected chi connectivity index (χ3v) is 3.36. The molecule has 108 valence electrons. The van der Waals surface area contributed by atoms with Crippen molar-refractivity contribution >= 4 is 0 Å². The molecule has 20 heavy (non-hydrogen) atoms. The molecule has 0 saturated carbocycles. The van der Waals surface area contributed by atoms with Gasteiger partial charge in [-0.2, -0.15) is 0 Å². The average Bonchev–Trinajstić information content (AvgIpc) is 2.79. The summed E-state index contributed by atoms with van der Waals surface area (Å²) in [5.41, 5.74) is 0.839. The minimum Gasteiger partial charge on any atom is -0.463 e.